The number of hydrogen-bond donors (Lipinski definition) is 1. The summed E-state index contributed by atoms with van der Waals surface area (Å²) in [4.78, 5) is 0.977. The summed E-state index contributed by atoms with van der Waals surface area (Å²) in [6, 6.07) is 15.5. The molecule has 8 nitrogen and oxygen atoms in total. The standard InChI is InChI=1S/C31H34ClN5O3S2/c32-23-13-11-21(12-14-23)27-26-10-3-4-15-36-29(34-37(31(26)36)28(27)30(41)33-24-7-1-2-8-24)22-6-5-9-25(20-22)42(38,39)35-16-18-40-19-17-35/h5-6,9,11-14,20,24H,1-4,7-8,10,15-19H2,(H,33,41). The van der Waals surface area contributed by atoms with Gasteiger partial charge >= 0.3 is 0 Å². The molecule has 1 saturated carbocycles. The third-order valence-electron chi connectivity index (χ3n) is 8.72. The summed E-state index contributed by atoms with van der Waals surface area (Å²) in [6.45, 7) is 2.32. The van der Waals surface area contributed by atoms with Crippen molar-refractivity contribution >= 4 is 44.5 Å². The van der Waals surface area contributed by atoms with E-state index in [1.165, 1.54) is 22.7 Å². The molecule has 0 spiro atoms. The summed E-state index contributed by atoms with van der Waals surface area (Å²) in [5, 5.41) is 9.54. The molecule has 0 radical (unpaired) electrons. The second-order valence-electron chi connectivity index (χ2n) is 11.4. The highest BCUT2D eigenvalue weighted by atomic mass is 35.5. The third-order valence-corrected chi connectivity index (χ3v) is 11.2. The van der Waals surface area contributed by atoms with Crippen molar-refractivity contribution in [3.8, 4) is 22.5 Å². The zero-order valence-electron chi connectivity index (χ0n) is 23.4. The van der Waals surface area contributed by atoms with E-state index in [-0.39, 0.29) is 4.90 Å². The van der Waals surface area contributed by atoms with E-state index in [2.05, 4.69) is 22.0 Å². The summed E-state index contributed by atoms with van der Waals surface area (Å²) in [7, 11) is -3.64. The number of hydrogen-bond acceptors (Lipinski definition) is 5. The van der Waals surface area contributed by atoms with Crippen LogP contribution < -0.4 is 5.32 Å². The molecule has 2 fully saturated rings. The van der Waals surface area contributed by atoms with Crippen LogP contribution in [0.2, 0.25) is 5.02 Å². The van der Waals surface area contributed by atoms with Gasteiger partial charge in [0.05, 0.1) is 18.1 Å². The summed E-state index contributed by atoms with van der Waals surface area (Å²) in [5.41, 5.74) is 6.09. The van der Waals surface area contributed by atoms with Gasteiger partial charge in [-0.05, 0) is 61.9 Å². The second kappa shape index (κ2) is 11.4. The molecular formula is C31H34ClN5O3S2. The lowest BCUT2D eigenvalue weighted by Gasteiger charge is -2.26. The first-order valence-corrected chi connectivity index (χ1v) is 17.0. The van der Waals surface area contributed by atoms with Gasteiger partial charge in [0.15, 0.2) is 5.82 Å². The Bertz CT molecular complexity index is 1750. The highest BCUT2D eigenvalue weighted by molar-refractivity contribution is 7.89. The fraction of sp³-hybridized carbons (Fsp3) is 0.419. The number of nitrogens with one attached hydrogen (secondary N) is 1. The number of thiocarbonyl (C=S) groups is 1. The number of halogens is 1. The fourth-order valence-corrected chi connectivity index (χ4v) is 8.58. The Balaban J connectivity index is 1.39. The molecule has 11 heteroatoms. The number of morpholine rings is 1. The van der Waals surface area contributed by atoms with Gasteiger partial charge in [-0.25, -0.2) is 12.9 Å². The lowest BCUT2D eigenvalue weighted by atomic mass is 9.98. The molecule has 220 valence electrons. The predicted molar refractivity (Wildman–Crippen MR) is 169 cm³/mol. The number of ether oxygens (including phenoxy) is 1. The number of nitrogens with zero attached hydrogens (tertiary/aromatic N) is 4. The zero-order valence-corrected chi connectivity index (χ0v) is 25.8. The van der Waals surface area contributed by atoms with Crippen LogP contribution >= 0.6 is 23.8 Å². The van der Waals surface area contributed by atoms with Crippen molar-refractivity contribution in [1.82, 2.24) is 23.8 Å². The topological polar surface area (TPSA) is 80.9 Å². The van der Waals surface area contributed by atoms with Gasteiger partial charge < -0.3 is 14.6 Å². The average molecular weight is 624 g/mol. The maximum Gasteiger partial charge on any atom is 0.243 e. The molecule has 3 aliphatic rings. The number of rotatable bonds is 6. The molecule has 0 amide bonds. The molecule has 0 bridgehead atoms. The van der Waals surface area contributed by atoms with Crippen LogP contribution in [0, 0.1) is 0 Å². The first-order chi connectivity index (χ1) is 20.4. The molecule has 4 heterocycles. The van der Waals surface area contributed by atoms with Crippen LogP contribution in [0.4, 0.5) is 0 Å². The molecule has 1 aliphatic carbocycles. The number of benzene rings is 2. The van der Waals surface area contributed by atoms with Crippen molar-refractivity contribution < 1.29 is 13.2 Å². The van der Waals surface area contributed by atoms with Crippen LogP contribution in [0.15, 0.2) is 53.4 Å². The van der Waals surface area contributed by atoms with Crippen LogP contribution in [0.3, 0.4) is 0 Å². The Kier molecular flexibility index (Phi) is 7.60. The van der Waals surface area contributed by atoms with Crippen molar-refractivity contribution in [3.63, 3.8) is 0 Å². The predicted octanol–water partition coefficient (Wildman–Crippen LogP) is 5.69. The minimum absolute atomic E-state index is 0.275. The van der Waals surface area contributed by atoms with Gasteiger partial charge in [0.25, 0.3) is 0 Å². The maximum absolute atomic E-state index is 13.5. The van der Waals surface area contributed by atoms with Crippen molar-refractivity contribution in [2.24, 2.45) is 0 Å². The van der Waals surface area contributed by atoms with Crippen LogP contribution in [0.1, 0.15) is 49.8 Å². The third kappa shape index (κ3) is 4.97. The summed E-state index contributed by atoms with van der Waals surface area (Å²) in [6.07, 6.45) is 7.59. The SMILES string of the molecule is O=S(=O)(c1cccc(-c2nn3c(C(=S)NC4CCCC4)c(-c4ccc(Cl)cc4)c4c3n2CCCC4)c1)N1CCOCC1. The van der Waals surface area contributed by atoms with Crippen LogP contribution in [0.25, 0.3) is 28.2 Å². The largest absolute Gasteiger partial charge is 0.379 e. The molecule has 4 aromatic rings. The van der Waals surface area contributed by atoms with Crippen molar-refractivity contribution in [1.29, 1.82) is 0 Å². The van der Waals surface area contributed by atoms with Gasteiger partial charge in [-0.3, -0.25) is 0 Å². The molecule has 7 rings (SSSR count). The molecule has 0 atom stereocenters. The maximum atomic E-state index is 13.5. The Morgan fingerprint density at radius 1 is 0.976 bits per heavy atom. The molecule has 0 unspecified atom stereocenters. The van der Waals surface area contributed by atoms with Gasteiger partial charge in [-0.15, -0.1) is 5.10 Å². The van der Waals surface area contributed by atoms with Crippen LogP contribution in [-0.2, 0) is 27.7 Å². The number of sulfonamides is 1. The molecule has 2 aliphatic heterocycles. The number of aryl methyl sites for hydroxylation is 2. The lowest BCUT2D eigenvalue weighted by Crippen LogP contribution is -2.40. The minimum atomic E-state index is -3.64. The molecule has 1 N–H and O–H groups in total. The number of aromatic nitrogens is 3. The molecule has 42 heavy (non-hydrogen) atoms. The molecule has 2 aromatic heterocycles. The van der Waals surface area contributed by atoms with E-state index >= 15 is 0 Å². The van der Waals surface area contributed by atoms with Crippen molar-refractivity contribution in [2.75, 3.05) is 26.3 Å². The lowest BCUT2D eigenvalue weighted by molar-refractivity contribution is 0.0730. The Morgan fingerprint density at radius 2 is 1.74 bits per heavy atom. The summed E-state index contributed by atoms with van der Waals surface area (Å²) >= 11 is 12.4. The van der Waals surface area contributed by atoms with Crippen molar-refractivity contribution in [3.05, 3.63) is 64.8 Å². The van der Waals surface area contributed by atoms with E-state index in [0.29, 0.717) is 42.4 Å². The quantitative estimate of drug-likeness (QED) is 0.278. The first kappa shape index (κ1) is 28.0. The average Bonchev–Trinajstić information content (AvgIpc) is 3.68. The Morgan fingerprint density at radius 3 is 2.50 bits per heavy atom. The molecular weight excluding hydrogens is 590 g/mol. The normalized spacial score (nSPS) is 18.4. The first-order valence-electron chi connectivity index (χ1n) is 14.8. The highest BCUT2D eigenvalue weighted by Crippen LogP contribution is 2.39. The van der Waals surface area contributed by atoms with Crippen LogP contribution in [-0.4, -0.2) is 64.2 Å². The fourth-order valence-electron chi connectivity index (χ4n) is 6.64. The van der Waals surface area contributed by atoms with Crippen molar-refractivity contribution in [2.45, 2.75) is 62.4 Å². The minimum Gasteiger partial charge on any atom is -0.379 e. The van der Waals surface area contributed by atoms with Gasteiger partial charge in [-0.1, -0.05) is 60.9 Å². The zero-order chi connectivity index (χ0) is 28.8. The smallest absolute Gasteiger partial charge is 0.243 e. The Hall–Kier alpha value is -2.76. The second-order valence-corrected chi connectivity index (χ2v) is 14.2. The van der Waals surface area contributed by atoms with Crippen LogP contribution in [0.5, 0.6) is 0 Å². The molecule has 1 saturated heterocycles. The van der Waals surface area contributed by atoms with Gasteiger partial charge in [0.1, 0.15) is 16.3 Å². The van der Waals surface area contributed by atoms with E-state index in [4.69, 9.17) is 33.7 Å². The Labute approximate surface area is 256 Å². The summed E-state index contributed by atoms with van der Waals surface area (Å²) in [5.74, 6) is 0.750. The van der Waals surface area contributed by atoms with Gasteiger partial charge in [0, 0.05) is 47.4 Å². The van der Waals surface area contributed by atoms with E-state index in [9.17, 15) is 8.42 Å². The van der Waals surface area contributed by atoms with E-state index in [0.717, 1.165) is 72.5 Å². The van der Waals surface area contributed by atoms with E-state index in [1.54, 1.807) is 12.1 Å². The van der Waals surface area contributed by atoms with Gasteiger partial charge in [0.2, 0.25) is 10.0 Å². The van der Waals surface area contributed by atoms with Gasteiger partial charge in [-0.2, -0.15) is 4.31 Å². The summed E-state index contributed by atoms with van der Waals surface area (Å²) < 4.78 is 38.2. The highest BCUT2D eigenvalue weighted by Gasteiger charge is 2.31. The van der Waals surface area contributed by atoms with E-state index < -0.39 is 10.0 Å². The monoisotopic (exact) mass is 623 g/mol. The van der Waals surface area contributed by atoms with E-state index in [1.807, 2.05) is 28.8 Å². The molecule has 2 aromatic carbocycles.